The van der Waals surface area contributed by atoms with Gasteiger partial charge in [0.2, 0.25) is 0 Å². The number of hydrogen-bond acceptors (Lipinski definition) is 4. The Morgan fingerprint density at radius 3 is 1.39 bits per heavy atom. The van der Waals surface area contributed by atoms with Crippen LogP contribution < -0.4 is 0 Å². The molecule has 204 valence electrons. The second kappa shape index (κ2) is 14.8. The van der Waals surface area contributed by atoms with Crippen molar-refractivity contribution in [3.05, 3.63) is 108 Å². The third kappa shape index (κ3) is 6.71. The molecule has 0 aliphatic carbocycles. The van der Waals surface area contributed by atoms with Gasteiger partial charge < -0.3 is 19.7 Å². The number of hydrogen-bond donors (Lipinski definition) is 2. The van der Waals surface area contributed by atoms with Gasteiger partial charge in [0.1, 0.15) is 0 Å². The van der Waals surface area contributed by atoms with Crippen LogP contribution in [0.2, 0.25) is 0 Å². The van der Waals surface area contributed by atoms with Crippen LogP contribution in [-0.4, -0.2) is 42.3 Å². The molecule has 3 rings (SSSR count). The van der Waals surface area contributed by atoms with Crippen molar-refractivity contribution in [3.63, 3.8) is 0 Å². The molecule has 0 amide bonds. The first-order chi connectivity index (χ1) is 18.5. The standard InChI is InChI=1S/C33H42O5/c1-37-30(38-2)25-17-6-4-3-5-7-18-26-32(36,31(34)35)33(27-19-11-8-12-20-27,28-21-13-9-14-22-28)29-23-15-10-16-24-29/h8-16,19-24,30,36H,3-7,17-18,25-26H2,1-2H3,(H,34,35). The lowest BCUT2D eigenvalue weighted by Crippen LogP contribution is -2.58. The molecule has 3 aromatic rings. The maximum absolute atomic E-state index is 13.1. The highest BCUT2D eigenvalue weighted by Crippen LogP contribution is 2.49. The molecular weight excluding hydrogens is 476 g/mol. The van der Waals surface area contributed by atoms with Crippen LogP contribution in [0.25, 0.3) is 0 Å². The summed E-state index contributed by atoms with van der Waals surface area (Å²) in [7, 11) is 3.32. The highest BCUT2D eigenvalue weighted by molar-refractivity contribution is 5.83. The zero-order valence-corrected chi connectivity index (χ0v) is 22.7. The summed E-state index contributed by atoms with van der Waals surface area (Å²) in [5.74, 6) is -1.21. The third-order valence-electron chi connectivity index (χ3n) is 7.60. The van der Waals surface area contributed by atoms with Gasteiger partial charge in [0.15, 0.2) is 11.9 Å². The van der Waals surface area contributed by atoms with Gasteiger partial charge in [-0.2, -0.15) is 0 Å². The van der Waals surface area contributed by atoms with Crippen LogP contribution in [0.5, 0.6) is 0 Å². The fraction of sp³-hybridized carbons (Fsp3) is 0.424. The second-order valence-electron chi connectivity index (χ2n) is 9.93. The van der Waals surface area contributed by atoms with Crippen LogP contribution in [0.4, 0.5) is 0 Å². The van der Waals surface area contributed by atoms with Gasteiger partial charge in [0.25, 0.3) is 0 Å². The molecule has 0 fully saturated rings. The molecule has 0 spiro atoms. The van der Waals surface area contributed by atoms with Gasteiger partial charge in [0.05, 0.1) is 5.41 Å². The van der Waals surface area contributed by atoms with Crippen LogP contribution in [0.15, 0.2) is 91.0 Å². The monoisotopic (exact) mass is 518 g/mol. The summed E-state index contributed by atoms with van der Waals surface area (Å²) in [5.41, 5.74) is -1.05. The summed E-state index contributed by atoms with van der Waals surface area (Å²) in [6.07, 6.45) is 7.74. The first kappa shape index (κ1) is 29.6. The molecule has 0 heterocycles. The minimum Gasteiger partial charge on any atom is -0.479 e. The molecule has 5 nitrogen and oxygen atoms in total. The molecule has 0 aliphatic heterocycles. The highest BCUT2D eigenvalue weighted by Gasteiger charge is 2.58. The smallest absolute Gasteiger partial charge is 0.337 e. The molecule has 0 radical (unpaired) electrons. The lowest BCUT2D eigenvalue weighted by atomic mass is 9.58. The van der Waals surface area contributed by atoms with Crippen LogP contribution >= 0.6 is 0 Å². The van der Waals surface area contributed by atoms with E-state index in [9.17, 15) is 15.0 Å². The number of rotatable bonds is 17. The van der Waals surface area contributed by atoms with E-state index in [0.29, 0.717) is 6.42 Å². The SMILES string of the molecule is COC(CCCCCCCCCC(O)(C(=O)O)C(c1ccccc1)(c1ccccc1)c1ccccc1)OC. The van der Waals surface area contributed by atoms with E-state index in [2.05, 4.69) is 0 Å². The highest BCUT2D eigenvalue weighted by atomic mass is 16.7. The lowest BCUT2D eigenvalue weighted by molar-refractivity contribution is -0.165. The van der Waals surface area contributed by atoms with E-state index in [-0.39, 0.29) is 12.7 Å². The van der Waals surface area contributed by atoms with Crippen molar-refractivity contribution in [1.29, 1.82) is 0 Å². The molecule has 1 unspecified atom stereocenters. The van der Waals surface area contributed by atoms with Gasteiger partial charge >= 0.3 is 5.97 Å². The van der Waals surface area contributed by atoms with Gasteiger partial charge in [-0.15, -0.1) is 0 Å². The molecule has 0 aliphatic rings. The van der Waals surface area contributed by atoms with Crippen molar-refractivity contribution in [1.82, 2.24) is 0 Å². The van der Waals surface area contributed by atoms with Crippen molar-refractivity contribution in [2.75, 3.05) is 14.2 Å². The largest absolute Gasteiger partial charge is 0.479 e. The Morgan fingerprint density at radius 2 is 1.03 bits per heavy atom. The number of unbranched alkanes of at least 4 members (excludes halogenated alkanes) is 6. The molecule has 0 saturated carbocycles. The Kier molecular flexibility index (Phi) is 11.5. The zero-order chi connectivity index (χ0) is 27.3. The fourth-order valence-corrected chi connectivity index (χ4v) is 5.64. The lowest BCUT2D eigenvalue weighted by Gasteiger charge is -2.46. The quantitative estimate of drug-likeness (QED) is 0.115. The number of carbonyl (C=O) groups is 1. The van der Waals surface area contributed by atoms with Crippen LogP contribution in [0.1, 0.15) is 74.5 Å². The molecule has 38 heavy (non-hydrogen) atoms. The van der Waals surface area contributed by atoms with Crippen molar-refractivity contribution in [2.45, 2.75) is 75.1 Å². The van der Waals surface area contributed by atoms with Gasteiger partial charge in [-0.25, -0.2) is 4.79 Å². The van der Waals surface area contributed by atoms with E-state index >= 15 is 0 Å². The first-order valence-electron chi connectivity index (χ1n) is 13.7. The number of ether oxygens (including phenoxy) is 2. The van der Waals surface area contributed by atoms with Crippen molar-refractivity contribution < 1.29 is 24.5 Å². The first-order valence-corrected chi connectivity index (χ1v) is 13.7. The molecule has 0 saturated heterocycles. The third-order valence-corrected chi connectivity index (χ3v) is 7.60. The number of benzene rings is 3. The summed E-state index contributed by atoms with van der Waals surface area (Å²) in [6.45, 7) is 0. The van der Waals surface area contributed by atoms with Crippen molar-refractivity contribution in [2.24, 2.45) is 0 Å². The van der Waals surface area contributed by atoms with Gasteiger partial charge in [-0.05, 0) is 42.4 Å². The van der Waals surface area contributed by atoms with Gasteiger partial charge in [-0.1, -0.05) is 123 Å². The Labute approximate surface area is 227 Å². The van der Waals surface area contributed by atoms with E-state index in [1.54, 1.807) is 14.2 Å². The minimum atomic E-state index is -2.05. The van der Waals surface area contributed by atoms with E-state index in [0.717, 1.165) is 61.6 Å². The minimum absolute atomic E-state index is 0.136. The number of methoxy groups -OCH3 is 2. The average molecular weight is 519 g/mol. The average Bonchev–Trinajstić information content (AvgIpc) is 2.96. The number of aliphatic carboxylic acids is 1. The number of carboxylic acids is 1. The Hall–Kier alpha value is -2.99. The molecule has 3 aromatic carbocycles. The summed E-state index contributed by atoms with van der Waals surface area (Å²) in [4.78, 5) is 13.1. The van der Waals surface area contributed by atoms with Crippen LogP contribution in [0, 0.1) is 0 Å². The van der Waals surface area contributed by atoms with Crippen molar-refractivity contribution in [3.8, 4) is 0 Å². The summed E-state index contributed by atoms with van der Waals surface area (Å²) in [5, 5.41) is 23.0. The second-order valence-corrected chi connectivity index (χ2v) is 9.93. The zero-order valence-electron chi connectivity index (χ0n) is 22.7. The summed E-state index contributed by atoms with van der Waals surface area (Å²) >= 11 is 0. The van der Waals surface area contributed by atoms with E-state index in [1.807, 2.05) is 91.0 Å². The normalized spacial score (nSPS) is 13.4. The molecule has 0 bridgehead atoms. The van der Waals surface area contributed by atoms with Crippen LogP contribution in [0.3, 0.4) is 0 Å². The summed E-state index contributed by atoms with van der Waals surface area (Å²) in [6, 6.07) is 28.7. The van der Waals surface area contributed by atoms with E-state index < -0.39 is 17.0 Å². The molecule has 5 heteroatoms. The predicted octanol–water partition coefficient (Wildman–Crippen LogP) is 6.97. The van der Waals surface area contributed by atoms with E-state index in [4.69, 9.17) is 9.47 Å². The predicted molar refractivity (Wildman–Crippen MR) is 151 cm³/mol. The Bertz CT molecular complexity index is 970. The molecular formula is C33H42O5. The fourth-order valence-electron chi connectivity index (χ4n) is 5.64. The Balaban J connectivity index is 1.81. The van der Waals surface area contributed by atoms with Crippen molar-refractivity contribution >= 4 is 5.97 Å². The maximum Gasteiger partial charge on any atom is 0.337 e. The molecule has 2 N–H and O–H groups in total. The number of carboxylic acid groups (broad SMARTS) is 1. The van der Waals surface area contributed by atoms with Crippen LogP contribution in [-0.2, 0) is 19.7 Å². The summed E-state index contributed by atoms with van der Waals surface area (Å²) < 4.78 is 10.5. The van der Waals surface area contributed by atoms with E-state index in [1.165, 1.54) is 0 Å². The molecule has 0 aromatic heterocycles. The Morgan fingerprint density at radius 1 is 0.658 bits per heavy atom. The number of aliphatic hydroxyl groups is 1. The van der Waals surface area contributed by atoms with Gasteiger partial charge in [0, 0.05) is 14.2 Å². The topological polar surface area (TPSA) is 76.0 Å². The molecule has 1 atom stereocenters. The maximum atomic E-state index is 13.1. The van der Waals surface area contributed by atoms with Gasteiger partial charge in [-0.3, -0.25) is 0 Å².